The van der Waals surface area contributed by atoms with Gasteiger partial charge in [0.05, 0.1) is 0 Å². The number of amides is 2. The van der Waals surface area contributed by atoms with Gasteiger partial charge >= 0.3 is 11.8 Å². The minimum atomic E-state index is -0.699. The molecule has 7 heteroatoms. The second kappa shape index (κ2) is 8.95. The first-order chi connectivity index (χ1) is 13.1. The first-order valence-electron chi connectivity index (χ1n) is 8.41. The molecule has 2 heterocycles. The molecular formula is C20H19N3O3S. The summed E-state index contributed by atoms with van der Waals surface area (Å²) < 4.78 is 5.65. The van der Waals surface area contributed by atoms with E-state index < -0.39 is 11.8 Å². The molecular weight excluding hydrogens is 362 g/mol. The predicted molar refractivity (Wildman–Crippen MR) is 105 cm³/mol. The number of carbonyl (C=O) groups excluding carboxylic acids is 2. The number of benzene rings is 1. The van der Waals surface area contributed by atoms with Crippen LogP contribution in [0, 0.1) is 0 Å². The number of hydrogen-bond acceptors (Lipinski definition) is 5. The van der Waals surface area contributed by atoms with Gasteiger partial charge in [-0.1, -0.05) is 6.92 Å². The molecule has 0 saturated heterocycles. The molecule has 0 bridgehead atoms. The lowest BCUT2D eigenvalue weighted by molar-refractivity contribution is -0.136. The van der Waals surface area contributed by atoms with Crippen LogP contribution in [0.2, 0.25) is 0 Å². The molecule has 0 aliphatic rings. The van der Waals surface area contributed by atoms with Gasteiger partial charge in [-0.25, -0.2) is 0 Å². The Balaban J connectivity index is 1.49. The fourth-order valence-electron chi connectivity index (χ4n) is 2.34. The Hall–Kier alpha value is -3.19. The topological polar surface area (TPSA) is 80.3 Å². The van der Waals surface area contributed by atoms with Gasteiger partial charge in [-0.2, -0.15) is 11.3 Å². The van der Waals surface area contributed by atoms with Crippen LogP contribution in [0.3, 0.4) is 0 Å². The van der Waals surface area contributed by atoms with Crippen LogP contribution in [-0.4, -0.2) is 23.3 Å². The lowest BCUT2D eigenvalue weighted by Crippen LogP contribution is -2.37. The van der Waals surface area contributed by atoms with E-state index in [2.05, 4.69) is 15.6 Å². The number of hydrogen-bond donors (Lipinski definition) is 2. The predicted octanol–water partition coefficient (Wildman–Crippen LogP) is 3.79. The Morgan fingerprint density at radius 2 is 1.74 bits per heavy atom. The maximum Gasteiger partial charge on any atom is 0.313 e. The molecule has 6 nitrogen and oxygen atoms in total. The number of ether oxygens (including phenoxy) is 1. The summed E-state index contributed by atoms with van der Waals surface area (Å²) in [6.45, 7) is 2.41. The van der Waals surface area contributed by atoms with Crippen molar-refractivity contribution in [1.29, 1.82) is 0 Å². The molecule has 138 valence electrons. The summed E-state index contributed by atoms with van der Waals surface area (Å²) in [6, 6.07) is 12.3. The van der Waals surface area contributed by atoms with Gasteiger partial charge in [0, 0.05) is 24.6 Å². The van der Waals surface area contributed by atoms with Crippen molar-refractivity contribution in [3.05, 3.63) is 71.2 Å². The summed E-state index contributed by atoms with van der Waals surface area (Å²) >= 11 is 1.61. The van der Waals surface area contributed by atoms with Gasteiger partial charge in [0.1, 0.15) is 11.5 Å². The SMILES string of the molecule is C[C@H](CNC(=O)C(=O)Nc1ccc(Oc2ccncc2)cc1)c1ccsc1. The highest BCUT2D eigenvalue weighted by molar-refractivity contribution is 7.08. The standard InChI is InChI=1S/C20H19N3O3S/c1-14(15-8-11-27-13-15)12-22-19(24)20(25)23-16-2-4-17(5-3-16)26-18-6-9-21-10-7-18/h2-11,13-14H,12H2,1H3,(H,22,24)(H,23,25)/t14-/m1/s1. The zero-order valence-corrected chi connectivity index (χ0v) is 15.5. The molecule has 0 aliphatic carbocycles. The van der Waals surface area contributed by atoms with Crippen LogP contribution in [0.1, 0.15) is 18.4 Å². The zero-order valence-electron chi connectivity index (χ0n) is 14.7. The maximum absolute atomic E-state index is 12.0. The Labute approximate surface area is 161 Å². The monoisotopic (exact) mass is 381 g/mol. The number of thiophene rings is 1. The van der Waals surface area contributed by atoms with Gasteiger partial charge in [-0.3, -0.25) is 14.6 Å². The quantitative estimate of drug-likeness (QED) is 0.637. The summed E-state index contributed by atoms with van der Waals surface area (Å²) in [5.41, 5.74) is 1.66. The van der Waals surface area contributed by atoms with Gasteiger partial charge in [0.25, 0.3) is 0 Å². The van der Waals surface area contributed by atoms with E-state index >= 15 is 0 Å². The molecule has 27 heavy (non-hydrogen) atoms. The molecule has 3 rings (SSSR count). The number of nitrogens with zero attached hydrogens (tertiary/aromatic N) is 1. The first kappa shape index (κ1) is 18.6. The fourth-order valence-corrected chi connectivity index (χ4v) is 3.12. The van der Waals surface area contributed by atoms with E-state index in [9.17, 15) is 9.59 Å². The highest BCUT2D eigenvalue weighted by Gasteiger charge is 2.15. The summed E-state index contributed by atoms with van der Waals surface area (Å²) in [4.78, 5) is 27.9. The molecule has 0 saturated carbocycles. The maximum atomic E-state index is 12.0. The number of nitrogens with one attached hydrogen (secondary N) is 2. The zero-order chi connectivity index (χ0) is 19.1. The fraction of sp³-hybridized carbons (Fsp3) is 0.150. The molecule has 0 radical (unpaired) electrons. The number of aromatic nitrogens is 1. The van der Waals surface area contributed by atoms with E-state index in [0.29, 0.717) is 23.7 Å². The van der Waals surface area contributed by atoms with Gasteiger partial charge in [-0.15, -0.1) is 0 Å². The molecule has 3 aromatic rings. The van der Waals surface area contributed by atoms with Crippen molar-refractivity contribution in [3.8, 4) is 11.5 Å². The molecule has 2 aromatic heterocycles. The lowest BCUT2D eigenvalue weighted by atomic mass is 10.1. The summed E-state index contributed by atoms with van der Waals surface area (Å²) in [6.07, 6.45) is 3.28. The van der Waals surface area contributed by atoms with Crippen molar-refractivity contribution in [2.75, 3.05) is 11.9 Å². The highest BCUT2D eigenvalue weighted by Crippen LogP contribution is 2.22. The molecule has 0 fully saturated rings. The second-order valence-electron chi connectivity index (χ2n) is 5.93. The minimum Gasteiger partial charge on any atom is -0.457 e. The number of pyridine rings is 1. The van der Waals surface area contributed by atoms with Gasteiger partial charge in [-0.05, 0) is 64.7 Å². The second-order valence-corrected chi connectivity index (χ2v) is 6.71. The molecule has 2 N–H and O–H groups in total. The number of carbonyl (C=O) groups is 2. The Bertz CT molecular complexity index is 881. The normalized spacial score (nSPS) is 11.4. The van der Waals surface area contributed by atoms with Crippen molar-refractivity contribution in [1.82, 2.24) is 10.3 Å². The first-order valence-corrected chi connectivity index (χ1v) is 9.35. The number of rotatable bonds is 6. The van der Waals surface area contributed by atoms with Crippen LogP contribution in [-0.2, 0) is 9.59 Å². The third-order valence-electron chi connectivity index (χ3n) is 3.88. The molecule has 2 amide bonds. The lowest BCUT2D eigenvalue weighted by Gasteiger charge is -2.11. The van der Waals surface area contributed by atoms with Crippen molar-refractivity contribution in [2.24, 2.45) is 0 Å². The smallest absolute Gasteiger partial charge is 0.313 e. The van der Waals surface area contributed by atoms with Crippen molar-refractivity contribution >= 4 is 28.8 Å². The third-order valence-corrected chi connectivity index (χ3v) is 4.59. The summed E-state index contributed by atoms with van der Waals surface area (Å²) in [7, 11) is 0. The van der Waals surface area contributed by atoms with E-state index in [-0.39, 0.29) is 5.92 Å². The van der Waals surface area contributed by atoms with Crippen LogP contribution < -0.4 is 15.4 Å². The molecule has 1 atom stereocenters. The van der Waals surface area contributed by atoms with Crippen molar-refractivity contribution in [2.45, 2.75) is 12.8 Å². The summed E-state index contributed by atoms with van der Waals surface area (Å²) in [5, 5.41) is 9.26. The van der Waals surface area contributed by atoms with Crippen LogP contribution in [0.5, 0.6) is 11.5 Å². The van der Waals surface area contributed by atoms with Crippen LogP contribution in [0.4, 0.5) is 5.69 Å². The summed E-state index contributed by atoms with van der Waals surface area (Å²) in [5.74, 6) is 0.0799. The minimum absolute atomic E-state index is 0.151. The average Bonchev–Trinajstić information content (AvgIpc) is 3.23. The van der Waals surface area contributed by atoms with Crippen molar-refractivity contribution in [3.63, 3.8) is 0 Å². The Morgan fingerprint density at radius 3 is 2.41 bits per heavy atom. The van der Waals surface area contributed by atoms with E-state index in [4.69, 9.17) is 4.74 Å². The van der Waals surface area contributed by atoms with E-state index in [1.54, 1.807) is 60.1 Å². The van der Waals surface area contributed by atoms with E-state index in [0.717, 1.165) is 5.56 Å². The van der Waals surface area contributed by atoms with Gasteiger partial charge in [0.15, 0.2) is 0 Å². The average molecular weight is 381 g/mol. The van der Waals surface area contributed by atoms with Crippen molar-refractivity contribution < 1.29 is 14.3 Å². The number of anilines is 1. The largest absolute Gasteiger partial charge is 0.457 e. The highest BCUT2D eigenvalue weighted by atomic mass is 32.1. The molecule has 0 aliphatic heterocycles. The van der Waals surface area contributed by atoms with E-state index in [1.165, 1.54) is 0 Å². The Kier molecular flexibility index (Phi) is 6.17. The van der Waals surface area contributed by atoms with Crippen LogP contribution in [0.15, 0.2) is 65.6 Å². The molecule has 1 aromatic carbocycles. The van der Waals surface area contributed by atoms with Gasteiger partial charge in [0.2, 0.25) is 0 Å². The van der Waals surface area contributed by atoms with Crippen LogP contribution >= 0.6 is 11.3 Å². The molecule has 0 unspecified atom stereocenters. The van der Waals surface area contributed by atoms with Crippen LogP contribution in [0.25, 0.3) is 0 Å². The third kappa shape index (κ3) is 5.39. The van der Waals surface area contributed by atoms with Gasteiger partial charge < -0.3 is 15.4 Å². The van der Waals surface area contributed by atoms with E-state index in [1.807, 2.05) is 23.8 Å². The Morgan fingerprint density at radius 1 is 1.04 bits per heavy atom. The molecule has 0 spiro atoms.